The highest BCUT2D eigenvalue weighted by molar-refractivity contribution is 7.85. The molecule has 0 spiro atoms. The van der Waals surface area contributed by atoms with Gasteiger partial charge in [-0.2, -0.15) is 8.42 Å². The molecule has 3 atom stereocenters. The van der Waals surface area contributed by atoms with E-state index < -0.39 is 16.2 Å². The van der Waals surface area contributed by atoms with E-state index in [1.807, 2.05) is 44.2 Å². The Bertz CT molecular complexity index is 1400. The molecule has 2 aromatic carbocycles. The van der Waals surface area contributed by atoms with Crippen LogP contribution in [0.2, 0.25) is 0 Å². The zero-order chi connectivity index (χ0) is 28.0. The first-order chi connectivity index (χ1) is 18.7. The number of nitrogens with zero attached hydrogens (tertiary/aromatic N) is 3. The third kappa shape index (κ3) is 7.27. The van der Waals surface area contributed by atoms with Crippen molar-refractivity contribution >= 4 is 21.9 Å². The van der Waals surface area contributed by atoms with E-state index in [4.69, 9.17) is 4.98 Å². The molecule has 1 aliphatic rings. The number of hydrogen-bond acceptors (Lipinski definition) is 6. The number of rotatable bonds is 10. The van der Waals surface area contributed by atoms with Crippen molar-refractivity contribution in [1.82, 2.24) is 20.2 Å². The van der Waals surface area contributed by atoms with Crippen LogP contribution in [-0.4, -0.2) is 52.2 Å². The highest BCUT2D eigenvalue weighted by Gasteiger charge is 2.36. The Balaban J connectivity index is 1.56. The van der Waals surface area contributed by atoms with Crippen molar-refractivity contribution in [2.75, 3.05) is 6.54 Å². The number of benzene rings is 2. The number of amides is 2. The molecule has 3 aromatic rings. The van der Waals surface area contributed by atoms with Crippen LogP contribution in [0.4, 0.5) is 0 Å². The molecule has 0 bridgehead atoms. The van der Waals surface area contributed by atoms with Crippen LogP contribution in [0.3, 0.4) is 0 Å². The first kappa shape index (κ1) is 28.4. The highest BCUT2D eigenvalue weighted by atomic mass is 32.2. The maximum Gasteiger partial charge on any atom is 0.294 e. The van der Waals surface area contributed by atoms with Crippen LogP contribution >= 0.6 is 0 Å². The van der Waals surface area contributed by atoms with E-state index in [-0.39, 0.29) is 35.1 Å². The summed E-state index contributed by atoms with van der Waals surface area (Å²) in [7, 11) is -4.33. The van der Waals surface area contributed by atoms with Gasteiger partial charge in [-0.15, -0.1) is 0 Å². The van der Waals surface area contributed by atoms with Crippen molar-refractivity contribution in [3.8, 4) is 0 Å². The van der Waals surface area contributed by atoms with E-state index >= 15 is 0 Å². The first-order valence-electron chi connectivity index (χ1n) is 13.2. The van der Waals surface area contributed by atoms with Gasteiger partial charge in [-0.3, -0.25) is 24.1 Å². The van der Waals surface area contributed by atoms with Crippen LogP contribution in [0.5, 0.6) is 0 Å². The van der Waals surface area contributed by atoms with E-state index in [1.54, 1.807) is 29.4 Å². The predicted octanol–water partition coefficient (Wildman–Crippen LogP) is 3.75. The standard InChI is InChI=1S/C29H34N4O5S/c1-3-20(2)28(34)32-25(17-22-11-13-24(14-12-22)39(36,37)38)29(35)33-15-7-10-27(33)26-19-30-18-23(31-26)16-21-8-5-4-6-9-21/h4-6,8-9,11-14,18-20,25,27H,3,7,10,15-17H2,1-2H3,(H,32,34)(H,36,37,38)/t20-,25+,27-/m1/s1. The molecule has 206 valence electrons. The van der Waals surface area contributed by atoms with Crippen LogP contribution in [-0.2, 0) is 32.5 Å². The lowest BCUT2D eigenvalue weighted by Crippen LogP contribution is -2.50. The molecule has 1 saturated heterocycles. The SMILES string of the molecule is CC[C@@H](C)C(=O)N[C@@H](Cc1ccc(S(=O)(=O)O)cc1)C(=O)N1CCC[C@@H]1c1cncc(Cc2ccccc2)n1. The summed E-state index contributed by atoms with van der Waals surface area (Å²) in [6.07, 6.45) is 6.42. The van der Waals surface area contributed by atoms with Gasteiger partial charge in [-0.25, -0.2) is 0 Å². The summed E-state index contributed by atoms with van der Waals surface area (Å²) in [6, 6.07) is 14.5. The maximum atomic E-state index is 13.9. The van der Waals surface area contributed by atoms with Gasteiger partial charge in [-0.05, 0) is 42.5 Å². The summed E-state index contributed by atoms with van der Waals surface area (Å²) in [6.45, 7) is 4.25. The van der Waals surface area contributed by atoms with Crippen molar-refractivity contribution in [3.05, 3.63) is 89.5 Å². The molecular formula is C29H34N4O5S. The molecule has 1 aliphatic heterocycles. The van der Waals surface area contributed by atoms with E-state index in [0.29, 0.717) is 24.9 Å². The summed E-state index contributed by atoms with van der Waals surface area (Å²) < 4.78 is 32.1. The molecule has 4 rings (SSSR count). The summed E-state index contributed by atoms with van der Waals surface area (Å²) in [4.78, 5) is 37.5. The Morgan fingerprint density at radius 3 is 2.46 bits per heavy atom. The molecule has 0 saturated carbocycles. The number of aromatic nitrogens is 2. The molecule has 0 aliphatic carbocycles. The quantitative estimate of drug-likeness (QED) is 0.368. The van der Waals surface area contributed by atoms with Crippen LogP contribution in [0.1, 0.15) is 61.7 Å². The number of hydrogen-bond donors (Lipinski definition) is 2. The second-order valence-electron chi connectivity index (χ2n) is 9.98. The lowest BCUT2D eigenvalue weighted by molar-refractivity contribution is -0.138. The van der Waals surface area contributed by atoms with E-state index in [1.165, 1.54) is 12.1 Å². The average molecular weight is 551 g/mol. The lowest BCUT2D eigenvalue weighted by Gasteiger charge is -2.30. The van der Waals surface area contributed by atoms with Gasteiger partial charge < -0.3 is 10.2 Å². The summed E-state index contributed by atoms with van der Waals surface area (Å²) in [5.41, 5.74) is 3.32. The highest BCUT2D eigenvalue weighted by Crippen LogP contribution is 2.32. The average Bonchev–Trinajstić information content (AvgIpc) is 3.42. The second kappa shape index (κ2) is 12.5. The molecule has 0 radical (unpaired) electrons. The fourth-order valence-electron chi connectivity index (χ4n) is 4.74. The van der Waals surface area contributed by atoms with Crippen molar-refractivity contribution in [1.29, 1.82) is 0 Å². The summed E-state index contributed by atoms with van der Waals surface area (Å²) in [5.74, 6) is -0.703. The number of carbonyl (C=O) groups is 2. The first-order valence-corrected chi connectivity index (χ1v) is 14.6. The zero-order valence-corrected chi connectivity index (χ0v) is 23.0. The van der Waals surface area contributed by atoms with Crippen molar-refractivity contribution in [3.63, 3.8) is 0 Å². The zero-order valence-electron chi connectivity index (χ0n) is 22.2. The largest absolute Gasteiger partial charge is 0.344 e. The molecule has 1 aromatic heterocycles. The molecular weight excluding hydrogens is 516 g/mol. The Hall–Kier alpha value is -3.63. The van der Waals surface area contributed by atoms with Gasteiger partial charge in [0.25, 0.3) is 10.1 Å². The van der Waals surface area contributed by atoms with E-state index in [9.17, 15) is 22.6 Å². The monoisotopic (exact) mass is 550 g/mol. The van der Waals surface area contributed by atoms with Crippen LogP contribution in [0.25, 0.3) is 0 Å². The van der Waals surface area contributed by atoms with Gasteiger partial charge in [0, 0.05) is 31.5 Å². The van der Waals surface area contributed by atoms with Gasteiger partial charge in [0.05, 0.1) is 28.5 Å². The van der Waals surface area contributed by atoms with Crippen LogP contribution in [0.15, 0.2) is 71.9 Å². The molecule has 2 heterocycles. The van der Waals surface area contributed by atoms with Gasteiger partial charge in [0.15, 0.2) is 0 Å². The molecule has 2 amide bonds. The smallest absolute Gasteiger partial charge is 0.294 e. The minimum Gasteiger partial charge on any atom is -0.344 e. The minimum atomic E-state index is -4.33. The van der Waals surface area contributed by atoms with Gasteiger partial charge in [0.2, 0.25) is 11.8 Å². The Kier molecular flexibility index (Phi) is 9.08. The molecule has 9 nitrogen and oxygen atoms in total. The molecule has 39 heavy (non-hydrogen) atoms. The molecule has 1 fully saturated rings. The van der Waals surface area contributed by atoms with E-state index in [2.05, 4.69) is 10.3 Å². The fraction of sp³-hybridized carbons (Fsp3) is 0.379. The van der Waals surface area contributed by atoms with Crippen molar-refractivity contribution in [2.45, 2.75) is 62.9 Å². The van der Waals surface area contributed by atoms with E-state index in [0.717, 1.165) is 29.8 Å². The molecule has 0 unspecified atom stereocenters. The molecule has 10 heteroatoms. The Morgan fingerprint density at radius 1 is 1.08 bits per heavy atom. The van der Waals surface area contributed by atoms with Crippen molar-refractivity contribution < 1.29 is 22.6 Å². The van der Waals surface area contributed by atoms with Crippen LogP contribution in [0, 0.1) is 5.92 Å². The summed E-state index contributed by atoms with van der Waals surface area (Å²) in [5, 5.41) is 2.92. The van der Waals surface area contributed by atoms with Gasteiger partial charge in [-0.1, -0.05) is 56.3 Å². The van der Waals surface area contributed by atoms with Crippen LogP contribution < -0.4 is 5.32 Å². The van der Waals surface area contributed by atoms with Gasteiger partial charge in [0.1, 0.15) is 6.04 Å². The normalized spacial score (nSPS) is 17.0. The maximum absolute atomic E-state index is 13.9. The number of likely N-dealkylation sites (tertiary alicyclic amines) is 1. The topological polar surface area (TPSA) is 130 Å². The molecule has 2 N–H and O–H groups in total. The summed E-state index contributed by atoms with van der Waals surface area (Å²) >= 11 is 0. The third-order valence-electron chi connectivity index (χ3n) is 7.14. The number of nitrogens with one attached hydrogen (secondary N) is 1. The number of carbonyl (C=O) groups excluding carboxylic acids is 2. The Morgan fingerprint density at radius 2 is 1.79 bits per heavy atom. The third-order valence-corrected chi connectivity index (χ3v) is 8.01. The van der Waals surface area contributed by atoms with Gasteiger partial charge >= 0.3 is 0 Å². The Labute approximate surface area is 229 Å². The predicted molar refractivity (Wildman–Crippen MR) is 146 cm³/mol. The second-order valence-corrected chi connectivity index (χ2v) is 11.4. The fourth-order valence-corrected chi connectivity index (χ4v) is 5.22. The minimum absolute atomic E-state index is 0.176. The van der Waals surface area contributed by atoms with Crippen molar-refractivity contribution in [2.24, 2.45) is 5.92 Å². The lowest BCUT2D eigenvalue weighted by atomic mass is 10.0.